The average Bonchev–Trinajstić information content (AvgIpc) is 3.07. The fraction of sp³-hybridized carbons (Fsp3) is 0.360. The number of ether oxygens (including phenoxy) is 1. The van der Waals surface area contributed by atoms with Crippen LogP contribution in [0.25, 0.3) is 5.76 Å². The quantitative estimate of drug-likeness (QED) is 0.375. The van der Waals surface area contributed by atoms with E-state index in [9.17, 15) is 14.7 Å². The van der Waals surface area contributed by atoms with Crippen molar-refractivity contribution in [3.8, 4) is 5.75 Å². The standard InChI is InChI=1S/C25H30N2O4/c1-4-26(5-2)16-9-17-27-22(18-10-7-6-8-11-18)21(24(29)25(27)30)23(28)19-12-14-20(31-3)15-13-19/h6-8,10-15,22,28H,4-5,9,16-17H2,1-3H3/b23-21+. The smallest absolute Gasteiger partial charge is 0.295 e. The number of nitrogens with zero attached hydrogens (tertiary/aromatic N) is 1. The highest BCUT2D eigenvalue weighted by Gasteiger charge is 2.43. The maximum Gasteiger partial charge on any atom is 0.295 e. The second kappa shape index (κ2) is 10.3. The van der Waals surface area contributed by atoms with Gasteiger partial charge in [-0.3, -0.25) is 9.59 Å². The first-order valence-electron chi connectivity index (χ1n) is 10.8. The molecule has 31 heavy (non-hydrogen) atoms. The molecule has 0 aliphatic carbocycles. The van der Waals surface area contributed by atoms with Crippen molar-refractivity contribution in [3.63, 3.8) is 0 Å². The first-order chi connectivity index (χ1) is 15.0. The number of Topliss-reactive ketones (excluding diaryl/α,β-unsaturated/α-hetero) is 1. The number of carbonyl (C=O) groups excluding carboxylic acids is 2. The van der Waals surface area contributed by atoms with Crippen molar-refractivity contribution in [1.29, 1.82) is 0 Å². The first-order valence-corrected chi connectivity index (χ1v) is 10.8. The van der Waals surface area contributed by atoms with Crippen LogP contribution in [0.5, 0.6) is 5.75 Å². The van der Waals surface area contributed by atoms with E-state index in [0.717, 1.165) is 31.6 Å². The highest BCUT2D eigenvalue weighted by Crippen LogP contribution is 2.38. The van der Waals surface area contributed by atoms with Crippen molar-refractivity contribution in [2.45, 2.75) is 26.3 Å². The van der Waals surface area contributed by atoms with Crippen LogP contribution in [-0.4, -0.2) is 49.9 Å². The molecule has 0 aromatic heterocycles. The van der Waals surface area contributed by atoms with Gasteiger partial charge in [-0.25, -0.2) is 0 Å². The summed E-state index contributed by atoms with van der Waals surface area (Å²) in [6.45, 7) is 7.64. The Labute approximate surface area is 183 Å². The van der Waals surface area contributed by atoms with Crippen LogP contribution in [-0.2, 0) is 9.59 Å². The van der Waals surface area contributed by atoms with E-state index >= 15 is 0 Å². The molecule has 1 aliphatic heterocycles. The van der Waals surface area contributed by atoms with Gasteiger partial charge in [-0.15, -0.1) is 0 Å². The molecule has 3 rings (SSSR count). The van der Waals surface area contributed by atoms with Crippen molar-refractivity contribution in [1.82, 2.24) is 4.90 Å². The second-order valence-corrected chi connectivity index (χ2v) is 7.67. The molecule has 1 N–H and O–H groups in total. The monoisotopic (exact) mass is 422 g/mol. The van der Waals surface area contributed by atoms with Crippen LogP contribution in [0.2, 0.25) is 0 Å². The summed E-state index contributed by atoms with van der Waals surface area (Å²) in [4.78, 5) is 28.9. The third-order valence-electron chi connectivity index (χ3n) is 5.93. The number of likely N-dealkylation sites (tertiary alicyclic amines) is 1. The lowest BCUT2D eigenvalue weighted by molar-refractivity contribution is -0.896. The Hall–Kier alpha value is -3.12. The second-order valence-electron chi connectivity index (χ2n) is 7.67. The molecule has 1 aliphatic rings. The van der Waals surface area contributed by atoms with E-state index in [2.05, 4.69) is 13.8 Å². The predicted octanol–water partition coefficient (Wildman–Crippen LogP) is 1.23. The van der Waals surface area contributed by atoms with E-state index in [1.165, 1.54) is 4.90 Å². The van der Waals surface area contributed by atoms with Crippen molar-refractivity contribution in [3.05, 3.63) is 71.3 Å². The van der Waals surface area contributed by atoms with Crippen LogP contribution < -0.4 is 14.7 Å². The Bertz CT molecular complexity index is 934. The van der Waals surface area contributed by atoms with E-state index < -0.39 is 23.5 Å². The summed E-state index contributed by atoms with van der Waals surface area (Å²) in [5.74, 6) is -1.09. The lowest BCUT2D eigenvalue weighted by Crippen LogP contribution is -3.11. The number of methoxy groups -OCH3 is 1. The summed E-state index contributed by atoms with van der Waals surface area (Å²) in [6, 6.07) is 15.3. The molecule has 6 heteroatoms. The van der Waals surface area contributed by atoms with Gasteiger partial charge in [0, 0.05) is 18.5 Å². The molecule has 6 nitrogen and oxygen atoms in total. The van der Waals surface area contributed by atoms with Gasteiger partial charge in [0.25, 0.3) is 5.91 Å². The van der Waals surface area contributed by atoms with Crippen LogP contribution >= 0.6 is 0 Å². The molecule has 1 heterocycles. The van der Waals surface area contributed by atoms with Crippen molar-refractivity contribution in [2.75, 3.05) is 33.3 Å². The predicted molar refractivity (Wildman–Crippen MR) is 117 cm³/mol. The maximum atomic E-state index is 13.3. The number of carbonyl (C=O) groups is 2. The zero-order valence-corrected chi connectivity index (χ0v) is 18.4. The van der Waals surface area contributed by atoms with E-state index in [1.807, 2.05) is 30.3 Å². The number of benzene rings is 2. The van der Waals surface area contributed by atoms with Crippen molar-refractivity contribution >= 4 is 17.4 Å². The Kier molecular flexibility index (Phi) is 7.47. The summed E-state index contributed by atoms with van der Waals surface area (Å²) in [5, 5.41) is 13.3. The van der Waals surface area contributed by atoms with Gasteiger partial charge in [-0.05, 0) is 37.1 Å². The van der Waals surface area contributed by atoms with E-state index in [-0.39, 0.29) is 5.57 Å². The SMILES string of the molecule is CC[NH+](CC)CCCN1C(=O)C(=O)/C(=C(/[O-])c2ccc(OC)cc2)C1c1ccccc1. The molecule has 0 bridgehead atoms. The first kappa shape index (κ1) is 22.6. The molecule has 164 valence electrons. The Morgan fingerprint density at radius 1 is 1.03 bits per heavy atom. The van der Waals surface area contributed by atoms with Crippen LogP contribution in [0.4, 0.5) is 0 Å². The van der Waals surface area contributed by atoms with Crippen molar-refractivity contribution < 1.29 is 24.3 Å². The van der Waals surface area contributed by atoms with Crippen LogP contribution in [0, 0.1) is 0 Å². The van der Waals surface area contributed by atoms with E-state index in [1.54, 1.807) is 36.3 Å². The maximum absolute atomic E-state index is 13.3. The molecule has 2 aromatic rings. The molecule has 1 fully saturated rings. The topological polar surface area (TPSA) is 74.1 Å². The number of quaternary nitrogens is 1. The highest BCUT2D eigenvalue weighted by molar-refractivity contribution is 6.46. The number of amides is 1. The minimum Gasteiger partial charge on any atom is -0.872 e. The number of nitrogens with one attached hydrogen (secondary N) is 1. The van der Waals surface area contributed by atoms with Gasteiger partial charge in [0.05, 0.1) is 32.8 Å². The minimum atomic E-state index is -0.704. The summed E-state index contributed by atoms with van der Waals surface area (Å²) in [5.41, 5.74) is 1.16. The molecule has 1 atom stereocenters. The average molecular weight is 423 g/mol. The molecule has 1 amide bonds. The normalized spacial score (nSPS) is 18.1. The molecule has 1 saturated heterocycles. The number of ketones is 1. The summed E-state index contributed by atoms with van der Waals surface area (Å²) in [7, 11) is 1.55. The third kappa shape index (κ3) is 4.80. The number of rotatable bonds is 9. The lowest BCUT2D eigenvalue weighted by Gasteiger charge is -2.28. The van der Waals surface area contributed by atoms with Gasteiger partial charge in [-0.2, -0.15) is 0 Å². The number of hydrogen-bond donors (Lipinski definition) is 1. The fourth-order valence-corrected chi connectivity index (χ4v) is 4.08. The lowest BCUT2D eigenvalue weighted by atomic mass is 9.95. The third-order valence-corrected chi connectivity index (χ3v) is 5.93. The van der Waals surface area contributed by atoms with Gasteiger partial charge in [0.15, 0.2) is 0 Å². The summed E-state index contributed by atoms with van der Waals surface area (Å²) in [6.07, 6.45) is 0.767. The zero-order chi connectivity index (χ0) is 22.4. The summed E-state index contributed by atoms with van der Waals surface area (Å²) < 4.78 is 5.15. The van der Waals surface area contributed by atoms with Gasteiger partial charge in [0.1, 0.15) is 5.75 Å². The summed E-state index contributed by atoms with van der Waals surface area (Å²) >= 11 is 0. The Balaban J connectivity index is 1.98. The largest absolute Gasteiger partial charge is 0.872 e. The Morgan fingerprint density at radius 3 is 2.26 bits per heavy atom. The molecular weight excluding hydrogens is 392 g/mol. The van der Waals surface area contributed by atoms with Crippen LogP contribution in [0.1, 0.15) is 37.4 Å². The van der Waals surface area contributed by atoms with Crippen LogP contribution in [0.3, 0.4) is 0 Å². The zero-order valence-electron chi connectivity index (χ0n) is 18.4. The van der Waals surface area contributed by atoms with E-state index in [4.69, 9.17) is 4.74 Å². The highest BCUT2D eigenvalue weighted by atomic mass is 16.5. The Morgan fingerprint density at radius 2 is 1.68 bits per heavy atom. The molecule has 1 unspecified atom stereocenters. The van der Waals surface area contributed by atoms with E-state index in [0.29, 0.717) is 17.9 Å². The van der Waals surface area contributed by atoms with Crippen molar-refractivity contribution in [2.24, 2.45) is 0 Å². The van der Waals surface area contributed by atoms with Gasteiger partial charge < -0.3 is 19.6 Å². The fourth-order valence-electron chi connectivity index (χ4n) is 4.08. The minimum absolute atomic E-state index is 0.0246. The molecule has 0 spiro atoms. The number of hydrogen-bond acceptors (Lipinski definition) is 4. The molecule has 0 radical (unpaired) electrons. The van der Waals surface area contributed by atoms with Gasteiger partial charge in [0.2, 0.25) is 5.78 Å². The molecular formula is C25H30N2O4. The van der Waals surface area contributed by atoms with Gasteiger partial charge in [-0.1, -0.05) is 48.2 Å². The molecule has 0 saturated carbocycles. The molecule has 2 aromatic carbocycles. The van der Waals surface area contributed by atoms with Gasteiger partial charge >= 0.3 is 0 Å². The van der Waals surface area contributed by atoms with Crippen LogP contribution in [0.15, 0.2) is 60.2 Å².